The first-order chi connectivity index (χ1) is 12.7. The third-order valence-corrected chi connectivity index (χ3v) is 4.38. The summed E-state index contributed by atoms with van der Waals surface area (Å²) in [6.07, 6.45) is 5.75. The Balaban J connectivity index is 1.80. The molecule has 26 heavy (non-hydrogen) atoms. The lowest BCUT2D eigenvalue weighted by Crippen LogP contribution is -1.97. The van der Waals surface area contributed by atoms with Gasteiger partial charge in [0, 0.05) is 24.2 Å². The molecule has 0 radical (unpaired) electrons. The van der Waals surface area contributed by atoms with E-state index in [0.29, 0.717) is 38.4 Å². The van der Waals surface area contributed by atoms with Crippen molar-refractivity contribution >= 4 is 52.0 Å². The van der Waals surface area contributed by atoms with E-state index in [1.165, 1.54) is 0 Å². The number of nitrogens with one attached hydrogen (secondary N) is 1. The molecule has 0 saturated carbocycles. The minimum Gasteiger partial charge on any atom is -0.324 e. The number of carbonyl (C=O) groups is 1. The molecule has 8 heteroatoms. The standard InChI is InChI=1S/C18H11Cl2N5O/c19-13-2-1-3-14(20)17(13)25-9-12-15(24-25)5-7-22-18(12)23-16-8-11(10-26)4-6-21-16/h1-10H,(H,21,22,23). The lowest BCUT2D eigenvalue weighted by atomic mass is 10.3. The molecule has 0 bridgehead atoms. The van der Waals surface area contributed by atoms with E-state index >= 15 is 0 Å². The van der Waals surface area contributed by atoms with Gasteiger partial charge in [-0.1, -0.05) is 29.3 Å². The van der Waals surface area contributed by atoms with E-state index in [9.17, 15) is 4.79 Å². The monoisotopic (exact) mass is 383 g/mol. The fourth-order valence-corrected chi connectivity index (χ4v) is 3.15. The van der Waals surface area contributed by atoms with Crippen molar-refractivity contribution in [1.29, 1.82) is 0 Å². The number of aldehydes is 1. The molecular formula is C18H11Cl2N5O. The summed E-state index contributed by atoms with van der Waals surface area (Å²) in [6, 6.07) is 10.3. The summed E-state index contributed by atoms with van der Waals surface area (Å²) in [5.41, 5.74) is 1.83. The zero-order chi connectivity index (χ0) is 18.1. The SMILES string of the molecule is O=Cc1ccnc(Nc2nccc3nn(-c4c(Cl)cccc4Cl)cc23)c1. The predicted molar refractivity (Wildman–Crippen MR) is 102 cm³/mol. The van der Waals surface area contributed by atoms with Gasteiger partial charge in [0.05, 0.1) is 20.9 Å². The maximum Gasteiger partial charge on any atom is 0.150 e. The summed E-state index contributed by atoms with van der Waals surface area (Å²) < 4.78 is 1.62. The molecule has 3 heterocycles. The van der Waals surface area contributed by atoms with Crippen molar-refractivity contribution in [2.75, 3.05) is 5.32 Å². The number of pyridine rings is 2. The van der Waals surface area contributed by atoms with Gasteiger partial charge in [0.15, 0.2) is 0 Å². The number of para-hydroxylation sites is 1. The molecule has 0 aliphatic carbocycles. The van der Waals surface area contributed by atoms with Crippen molar-refractivity contribution < 1.29 is 4.79 Å². The number of fused-ring (bicyclic) bond motifs is 1. The number of nitrogens with zero attached hydrogens (tertiary/aromatic N) is 4. The van der Waals surface area contributed by atoms with Crippen LogP contribution in [0, 0.1) is 0 Å². The maximum absolute atomic E-state index is 10.9. The summed E-state index contributed by atoms with van der Waals surface area (Å²) >= 11 is 12.5. The minimum absolute atomic E-state index is 0.494. The fraction of sp³-hybridized carbons (Fsp3) is 0. The van der Waals surface area contributed by atoms with Crippen LogP contribution in [0.15, 0.2) is 55.0 Å². The van der Waals surface area contributed by atoms with Gasteiger partial charge in [-0.15, -0.1) is 0 Å². The molecule has 128 valence electrons. The molecule has 1 aromatic carbocycles. The second kappa shape index (κ2) is 6.74. The Morgan fingerprint density at radius 3 is 2.58 bits per heavy atom. The Kier molecular flexibility index (Phi) is 4.28. The van der Waals surface area contributed by atoms with E-state index in [1.807, 2.05) is 0 Å². The Bertz CT molecular complexity index is 1110. The number of rotatable bonds is 4. The first kappa shape index (κ1) is 16.5. The van der Waals surface area contributed by atoms with Crippen molar-refractivity contribution in [2.24, 2.45) is 0 Å². The van der Waals surface area contributed by atoms with Crippen LogP contribution in [0.5, 0.6) is 0 Å². The van der Waals surface area contributed by atoms with Crippen molar-refractivity contribution in [2.45, 2.75) is 0 Å². The molecule has 6 nitrogen and oxygen atoms in total. The molecule has 3 aromatic heterocycles. The average Bonchev–Trinajstić information content (AvgIpc) is 3.06. The molecule has 0 fully saturated rings. The van der Waals surface area contributed by atoms with Crippen LogP contribution >= 0.6 is 23.2 Å². The Hall–Kier alpha value is -2.96. The topological polar surface area (TPSA) is 72.7 Å². The van der Waals surface area contributed by atoms with Crippen molar-refractivity contribution in [3.05, 3.63) is 70.6 Å². The van der Waals surface area contributed by atoms with Gasteiger partial charge in [-0.05, 0) is 30.3 Å². The molecule has 0 aliphatic rings. The van der Waals surface area contributed by atoms with E-state index in [2.05, 4.69) is 20.4 Å². The largest absolute Gasteiger partial charge is 0.324 e. The number of hydrogen-bond acceptors (Lipinski definition) is 5. The summed E-state index contributed by atoms with van der Waals surface area (Å²) in [5, 5.41) is 9.40. The van der Waals surface area contributed by atoms with E-state index < -0.39 is 0 Å². The van der Waals surface area contributed by atoms with Gasteiger partial charge in [0.2, 0.25) is 0 Å². The van der Waals surface area contributed by atoms with Crippen LogP contribution in [0.3, 0.4) is 0 Å². The van der Waals surface area contributed by atoms with E-state index in [0.717, 1.165) is 11.7 Å². The number of halogens is 2. The molecule has 0 unspecified atom stereocenters. The lowest BCUT2D eigenvalue weighted by molar-refractivity contribution is 0.112. The first-order valence-electron chi connectivity index (χ1n) is 7.63. The van der Waals surface area contributed by atoms with Gasteiger partial charge in [0.1, 0.15) is 23.6 Å². The maximum atomic E-state index is 10.9. The number of anilines is 2. The summed E-state index contributed by atoms with van der Waals surface area (Å²) in [4.78, 5) is 19.5. The number of hydrogen-bond donors (Lipinski definition) is 1. The lowest BCUT2D eigenvalue weighted by Gasteiger charge is -2.06. The fourth-order valence-electron chi connectivity index (χ4n) is 2.58. The molecule has 4 aromatic rings. The van der Waals surface area contributed by atoms with Crippen LogP contribution in [0.2, 0.25) is 10.0 Å². The van der Waals surface area contributed by atoms with Crippen LogP contribution in [-0.4, -0.2) is 26.0 Å². The highest BCUT2D eigenvalue weighted by molar-refractivity contribution is 6.37. The second-order valence-corrected chi connectivity index (χ2v) is 6.27. The molecular weight excluding hydrogens is 373 g/mol. The van der Waals surface area contributed by atoms with Gasteiger partial charge in [-0.3, -0.25) is 4.79 Å². The zero-order valence-electron chi connectivity index (χ0n) is 13.2. The molecule has 0 atom stereocenters. The molecule has 0 spiro atoms. The van der Waals surface area contributed by atoms with Crippen molar-refractivity contribution in [1.82, 2.24) is 19.7 Å². The van der Waals surface area contributed by atoms with Crippen LogP contribution < -0.4 is 5.32 Å². The Labute approximate surface area is 158 Å². The van der Waals surface area contributed by atoms with Gasteiger partial charge in [-0.25, -0.2) is 14.6 Å². The summed E-state index contributed by atoms with van der Waals surface area (Å²) in [6.45, 7) is 0. The smallest absolute Gasteiger partial charge is 0.150 e. The highest BCUT2D eigenvalue weighted by Crippen LogP contribution is 2.30. The third-order valence-electron chi connectivity index (χ3n) is 3.77. The average molecular weight is 384 g/mol. The van der Waals surface area contributed by atoms with Gasteiger partial charge >= 0.3 is 0 Å². The second-order valence-electron chi connectivity index (χ2n) is 5.45. The van der Waals surface area contributed by atoms with Crippen molar-refractivity contribution in [3.8, 4) is 5.69 Å². The summed E-state index contributed by atoms with van der Waals surface area (Å²) in [7, 11) is 0. The van der Waals surface area contributed by atoms with Crippen LogP contribution in [-0.2, 0) is 0 Å². The van der Waals surface area contributed by atoms with Crippen LogP contribution in [0.25, 0.3) is 16.6 Å². The Morgan fingerprint density at radius 2 is 1.81 bits per heavy atom. The van der Waals surface area contributed by atoms with Crippen LogP contribution in [0.4, 0.5) is 11.6 Å². The van der Waals surface area contributed by atoms with Gasteiger partial charge in [-0.2, -0.15) is 5.10 Å². The highest BCUT2D eigenvalue weighted by Gasteiger charge is 2.13. The van der Waals surface area contributed by atoms with Crippen molar-refractivity contribution in [3.63, 3.8) is 0 Å². The molecule has 1 N–H and O–H groups in total. The van der Waals surface area contributed by atoms with E-state index in [-0.39, 0.29) is 0 Å². The van der Waals surface area contributed by atoms with Gasteiger partial charge < -0.3 is 5.32 Å². The van der Waals surface area contributed by atoms with Crippen LogP contribution in [0.1, 0.15) is 10.4 Å². The predicted octanol–water partition coefficient (Wildman–Crippen LogP) is 4.68. The number of carbonyl (C=O) groups excluding carboxylic acids is 1. The minimum atomic E-state index is 0.494. The number of benzene rings is 1. The third kappa shape index (κ3) is 3.00. The molecule has 0 saturated heterocycles. The van der Waals surface area contributed by atoms with E-state index in [1.54, 1.807) is 59.7 Å². The highest BCUT2D eigenvalue weighted by atomic mass is 35.5. The normalized spacial score (nSPS) is 10.8. The van der Waals surface area contributed by atoms with Gasteiger partial charge in [0.25, 0.3) is 0 Å². The zero-order valence-corrected chi connectivity index (χ0v) is 14.7. The first-order valence-corrected chi connectivity index (χ1v) is 8.38. The molecule has 4 rings (SSSR count). The number of aromatic nitrogens is 4. The quantitative estimate of drug-likeness (QED) is 0.518. The summed E-state index contributed by atoms with van der Waals surface area (Å²) in [5.74, 6) is 1.07. The Morgan fingerprint density at radius 1 is 1.04 bits per heavy atom. The molecule has 0 aliphatic heterocycles. The van der Waals surface area contributed by atoms with E-state index in [4.69, 9.17) is 23.2 Å². The molecule has 0 amide bonds.